The molecule has 0 N–H and O–H groups in total. The van der Waals surface area contributed by atoms with Crippen LogP contribution in [-0.2, 0) is 4.79 Å². The maximum absolute atomic E-state index is 12.3. The summed E-state index contributed by atoms with van der Waals surface area (Å²) in [5.74, 6) is 6.66. The number of ether oxygens (including phenoxy) is 2. The van der Waals surface area contributed by atoms with Gasteiger partial charge in [0.2, 0.25) is 0 Å². The maximum Gasteiger partial charge on any atom is 0.316 e. The minimum atomic E-state index is -0.461. The van der Waals surface area contributed by atoms with E-state index in [2.05, 4.69) is 13.8 Å². The van der Waals surface area contributed by atoms with Gasteiger partial charge in [-0.3, -0.25) is 4.79 Å². The maximum atomic E-state index is 12.3. The molecule has 6 unspecified atom stereocenters. The number of esters is 1. The highest BCUT2D eigenvalue weighted by Gasteiger charge is 2.53. The number of hydrogen-bond acceptors (Lipinski definition) is 3. The van der Waals surface area contributed by atoms with E-state index in [1.54, 1.807) is 0 Å². The normalized spacial score (nSPS) is 31.1. The standard InChI is InChI=1S/C27H40O3/c1-6-27(4,5)26(28)30-21-12-10-20(11-13-21)29-25(17(2)3)16-19-14-18-15-24(19)23-9-7-8-22(18)23/h10-13,17-19,22-25H,6-9,14-16H2,1-5H3. The number of benzene rings is 1. The van der Waals surface area contributed by atoms with Gasteiger partial charge in [-0.2, -0.15) is 0 Å². The summed E-state index contributed by atoms with van der Waals surface area (Å²) in [7, 11) is 0. The van der Waals surface area contributed by atoms with E-state index in [1.165, 1.54) is 38.5 Å². The summed E-state index contributed by atoms with van der Waals surface area (Å²) < 4.78 is 12.0. The van der Waals surface area contributed by atoms with E-state index in [0.717, 1.165) is 41.8 Å². The first-order valence-corrected chi connectivity index (χ1v) is 12.3. The van der Waals surface area contributed by atoms with Gasteiger partial charge in [0.1, 0.15) is 17.6 Å². The van der Waals surface area contributed by atoms with Crippen LogP contribution >= 0.6 is 0 Å². The van der Waals surface area contributed by atoms with Gasteiger partial charge in [-0.15, -0.1) is 0 Å². The van der Waals surface area contributed by atoms with E-state index < -0.39 is 5.41 Å². The van der Waals surface area contributed by atoms with Gasteiger partial charge in [-0.05, 0) is 112 Å². The zero-order valence-corrected chi connectivity index (χ0v) is 19.5. The van der Waals surface area contributed by atoms with Gasteiger partial charge in [0.15, 0.2) is 0 Å². The van der Waals surface area contributed by atoms with E-state index in [1.807, 2.05) is 45.0 Å². The summed E-state index contributed by atoms with van der Waals surface area (Å²) in [6.07, 6.45) is 9.54. The zero-order chi connectivity index (χ0) is 21.5. The molecule has 2 bridgehead atoms. The van der Waals surface area contributed by atoms with Gasteiger partial charge in [-0.25, -0.2) is 0 Å². The molecule has 3 aliphatic rings. The lowest BCUT2D eigenvalue weighted by Crippen LogP contribution is -2.32. The summed E-state index contributed by atoms with van der Waals surface area (Å²) in [5, 5.41) is 0. The molecule has 1 aromatic rings. The summed E-state index contributed by atoms with van der Waals surface area (Å²) in [4.78, 5) is 12.3. The first kappa shape index (κ1) is 21.7. The summed E-state index contributed by atoms with van der Waals surface area (Å²) >= 11 is 0. The predicted octanol–water partition coefficient (Wildman–Crippen LogP) is 6.89. The lowest BCUT2D eigenvalue weighted by atomic mass is 9.73. The van der Waals surface area contributed by atoms with Crippen LogP contribution in [0.1, 0.15) is 79.6 Å². The summed E-state index contributed by atoms with van der Waals surface area (Å²) in [5.41, 5.74) is -0.461. The lowest BCUT2D eigenvalue weighted by Gasteiger charge is -2.34. The average molecular weight is 413 g/mol. The Morgan fingerprint density at radius 3 is 2.37 bits per heavy atom. The van der Waals surface area contributed by atoms with Gasteiger partial charge in [-0.1, -0.05) is 27.2 Å². The van der Waals surface area contributed by atoms with Crippen molar-refractivity contribution >= 4 is 5.97 Å². The van der Waals surface area contributed by atoms with Gasteiger partial charge < -0.3 is 9.47 Å². The second-order valence-electron chi connectivity index (χ2n) is 11.1. The number of fused-ring (bicyclic) bond motifs is 5. The van der Waals surface area contributed by atoms with Gasteiger partial charge in [0.05, 0.1) is 5.41 Å². The Labute approximate surface area is 182 Å². The molecule has 0 radical (unpaired) electrons. The van der Waals surface area contributed by atoms with Crippen molar-refractivity contribution in [1.82, 2.24) is 0 Å². The fourth-order valence-corrected chi connectivity index (χ4v) is 6.39. The second-order valence-corrected chi connectivity index (χ2v) is 11.1. The Morgan fingerprint density at radius 2 is 1.70 bits per heavy atom. The molecule has 6 atom stereocenters. The van der Waals surface area contributed by atoms with Crippen LogP contribution in [0, 0.1) is 40.9 Å². The van der Waals surface area contributed by atoms with Crippen molar-refractivity contribution in [3.8, 4) is 11.5 Å². The molecule has 0 amide bonds. The third-order valence-electron chi connectivity index (χ3n) is 8.60. The van der Waals surface area contributed by atoms with E-state index in [0.29, 0.717) is 11.7 Å². The van der Waals surface area contributed by atoms with E-state index in [-0.39, 0.29) is 12.1 Å². The van der Waals surface area contributed by atoms with Crippen molar-refractivity contribution < 1.29 is 14.3 Å². The fraction of sp³-hybridized carbons (Fsp3) is 0.741. The van der Waals surface area contributed by atoms with Crippen molar-refractivity contribution in [2.24, 2.45) is 40.9 Å². The molecule has 1 aromatic carbocycles. The number of carbonyl (C=O) groups is 1. The van der Waals surface area contributed by atoms with E-state index in [4.69, 9.17) is 9.47 Å². The molecule has 0 spiro atoms. The fourth-order valence-electron chi connectivity index (χ4n) is 6.39. The Kier molecular flexibility index (Phi) is 6.19. The Bertz CT molecular complexity index is 735. The van der Waals surface area contributed by atoms with Crippen LogP contribution in [0.15, 0.2) is 24.3 Å². The van der Waals surface area contributed by atoms with Crippen LogP contribution in [0.4, 0.5) is 0 Å². The first-order valence-electron chi connectivity index (χ1n) is 12.3. The molecule has 3 fully saturated rings. The smallest absolute Gasteiger partial charge is 0.316 e. The monoisotopic (exact) mass is 412 g/mol. The Balaban J connectivity index is 1.35. The first-order chi connectivity index (χ1) is 14.3. The van der Waals surface area contributed by atoms with Crippen LogP contribution in [-0.4, -0.2) is 12.1 Å². The molecule has 0 aliphatic heterocycles. The minimum Gasteiger partial charge on any atom is -0.490 e. The topological polar surface area (TPSA) is 35.5 Å². The third-order valence-corrected chi connectivity index (χ3v) is 8.60. The molecule has 4 rings (SSSR count). The Hall–Kier alpha value is -1.51. The molecule has 0 saturated heterocycles. The molecular formula is C27H40O3. The van der Waals surface area contributed by atoms with Crippen LogP contribution in [0.2, 0.25) is 0 Å². The molecule has 166 valence electrons. The van der Waals surface area contributed by atoms with Crippen molar-refractivity contribution in [2.75, 3.05) is 0 Å². The number of carbonyl (C=O) groups excluding carboxylic acids is 1. The van der Waals surface area contributed by atoms with Gasteiger partial charge >= 0.3 is 5.97 Å². The highest BCUT2D eigenvalue weighted by atomic mass is 16.5. The highest BCUT2D eigenvalue weighted by molar-refractivity contribution is 5.78. The van der Waals surface area contributed by atoms with E-state index in [9.17, 15) is 4.79 Å². The summed E-state index contributed by atoms with van der Waals surface area (Å²) in [6, 6.07) is 7.61. The van der Waals surface area contributed by atoms with Gasteiger partial charge in [0.25, 0.3) is 0 Å². The average Bonchev–Trinajstić information content (AvgIpc) is 3.42. The largest absolute Gasteiger partial charge is 0.490 e. The zero-order valence-electron chi connectivity index (χ0n) is 19.5. The molecule has 3 aliphatic carbocycles. The van der Waals surface area contributed by atoms with Crippen molar-refractivity contribution in [2.45, 2.75) is 85.7 Å². The quantitative estimate of drug-likeness (QED) is 0.344. The lowest BCUT2D eigenvalue weighted by molar-refractivity contribution is -0.144. The molecular weight excluding hydrogens is 372 g/mol. The number of rotatable bonds is 8. The molecule has 0 aromatic heterocycles. The minimum absolute atomic E-state index is 0.180. The van der Waals surface area contributed by atoms with E-state index >= 15 is 0 Å². The van der Waals surface area contributed by atoms with Crippen molar-refractivity contribution in [3.63, 3.8) is 0 Å². The highest BCUT2D eigenvalue weighted by Crippen LogP contribution is 2.62. The van der Waals surface area contributed by atoms with Gasteiger partial charge in [0, 0.05) is 0 Å². The molecule has 0 heterocycles. The second kappa shape index (κ2) is 8.55. The third kappa shape index (κ3) is 4.27. The van der Waals surface area contributed by atoms with Crippen LogP contribution in [0.5, 0.6) is 11.5 Å². The number of hydrogen-bond donors (Lipinski definition) is 0. The van der Waals surface area contributed by atoms with Crippen LogP contribution in [0.3, 0.4) is 0 Å². The molecule has 3 nitrogen and oxygen atoms in total. The van der Waals surface area contributed by atoms with Crippen LogP contribution < -0.4 is 9.47 Å². The Morgan fingerprint density at radius 1 is 1.03 bits per heavy atom. The van der Waals surface area contributed by atoms with Crippen LogP contribution in [0.25, 0.3) is 0 Å². The molecule has 3 heteroatoms. The van der Waals surface area contributed by atoms with Crippen molar-refractivity contribution in [1.29, 1.82) is 0 Å². The molecule has 3 saturated carbocycles. The van der Waals surface area contributed by atoms with Crippen molar-refractivity contribution in [3.05, 3.63) is 24.3 Å². The SMILES string of the molecule is CCC(C)(C)C(=O)Oc1ccc(OC(CC2CC3CC2C2CCCC32)C(C)C)cc1. The molecule has 30 heavy (non-hydrogen) atoms. The summed E-state index contributed by atoms with van der Waals surface area (Å²) in [6.45, 7) is 10.4. The predicted molar refractivity (Wildman–Crippen MR) is 121 cm³/mol.